The van der Waals surface area contributed by atoms with Crippen LogP contribution in [0.2, 0.25) is 0 Å². The Bertz CT molecular complexity index is 430. The van der Waals surface area contributed by atoms with E-state index in [9.17, 15) is 18.0 Å². The van der Waals surface area contributed by atoms with E-state index < -0.39 is 23.3 Å². The highest BCUT2D eigenvalue weighted by molar-refractivity contribution is 5.95. The number of anilines is 1. The number of aromatic nitrogens is 1. The largest absolute Gasteiger partial charge is 0.478 e. The predicted molar refractivity (Wildman–Crippen MR) is 55.0 cm³/mol. The van der Waals surface area contributed by atoms with Crippen molar-refractivity contribution in [3.05, 3.63) is 23.4 Å². The molecule has 0 radical (unpaired) electrons. The number of nitrogens with one attached hydrogen (secondary N) is 1. The summed E-state index contributed by atoms with van der Waals surface area (Å²) in [5.74, 6) is -1.93. The molecule has 2 N–H and O–H groups in total. The van der Waals surface area contributed by atoms with Gasteiger partial charge in [0.05, 0.1) is 5.56 Å². The molecule has 4 nitrogen and oxygen atoms in total. The van der Waals surface area contributed by atoms with Crippen LogP contribution in [0, 0.1) is 0 Å². The number of hydrogen-bond donors (Lipinski definition) is 2. The van der Waals surface area contributed by atoms with Crippen molar-refractivity contribution >= 4 is 11.8 Å². The third kappa shape index (κ3) is 3.08. The molecule has 17 heavy (non-hydrogen) atoms. The number of hydrogen-bond acceptors (Lipinski definition) is 3. The first-order valence-corrected chi connectivity index (χ1v) is 4.79. The molecule has 0 aromatic carbocycles. The van der Waals surface area contributed by atoms with Gasteiger partial charge < -0.3 is 10.4 Å². The van der Waals surface area contributed by atoms with Gasteiger partial charge in [0.2, 0.25) is 0 Å². The van der Waals surface area contributed by atoms with E-state index in [1.807, 2.05) is 0 Å². The molecule has 1 rings (SSSR count). The maximum Gasteiger partial charge on any atom is 0.417 e. The Balaban J connectivity index is 3.38. The molecule has 0 saturated heterocycles. The minimum atomic E-state index is -4.72. The van der Waals surface area contributed by atoms with Gasteiger partial charge in [-0.2, -0.15) is 13.2 Å². The highest BCUT2D eigenvalue weighted by Crippen LogP contribution is 2.34. The molecule has 0 atom stereocenters. The molecule has 1 aromatic heterocycles. The molecule has 0 aliphatic rings. The summed E-state index contributed by atoms with van der Waals surface area (Å²) in [4.78, 5) is 14.5. The third-order valence-electron chi connectivity index (χ3n) is 1.90. The number of rotatable bonds is 3. The number of carbonyl (C=O) groups is 1. The molecule has 94 valence electrons. The van der Waals surface area contributed by atoms with Crippen LogP contribution in [0.4, 0.5) is 19.0 Å². The molecule has 0 saturated carbocycles. The van der Waals surface area contributed by atoms with Crippen molar-refractivity contribution in [2.75, 3.05) is 5.32 Å². The first-order valence-electron chi connectivity index (χ1n) is 4.79. The normalized spacial score (nSPS) is 11.6. The lowest BCUT2D eigenvalue weighted by Crippen LogP contribution is -2.19. The van der Waals surface area contributed by atoms with Crippen molar-refractivity contribution in [2.45, 2.75) is 26.1 Å². The van der Waals surface area contributed by atoms with Crippen molar-refractivity contribution in [3.8, 4) is 0 Å². The van der Waals surface area contributed by atoms with Crippen LogP contribution < -0.4 is 5.32 Å². The Hall–Kier alpha value is -1.79. The van der Waals surface area contributed by atoms with E-state index in [0.29, 0.717) is 6.07 Å². The monoisotopic (exact) mass is 248 g/mol. The van der Waals surface area contributed by atoms with Crippen LogP contribution in [0.3, 0.4) is 0 Å². The Morgan fingerprint density at radius 3 is 2.47 bits per heavy atom. The van der Waals surface area contributed by atoms with Gasteiger partial charge in [0.1, 0.15) is 11.4 Å². The second kappa shape index (κ2) is 4.60. The minimum Gasteiger partial charge on any atom is -0.478 e. The molecule has 0 bridgehead atoms. The molecular formula is C10H11F3N2O2. The van der Waals surface area contributed by atoms with Crippen LogP contribution in [0.1, 0.15) is 29.8 Å². The number of aromatic carboxylic acids is 1. The number of nitrogens with zero attached hydrogens (tertiary/aromatic N) is 1. The van der Waals surface area contributed by atoms with Crippen molar-refractivity contribution in [1.82, 2.24) is 4.98 Å². The number of carboxylic acids is 1. The average molecular weight is 248 g/mol. The zero-order chi connectivity index (χ0) is 13.2. The first kappa shape index (κ1) is 13.3. The second-order valence-electron chi connectivity index (χ2n) is 3.68. The van der Waals surface area contributed by atoms with Gasteiger partial charge in [0, 0.05) is 12.2 Å². The topological polar surface area (TPSA) is 62.2 Å². The quantitative estimate of drug-likeness (QED) is 0.863. The predicted octanol–water partition coefficient (Wildman–Crippen LogP) is 2.62. The molecule has 0 unspecified atom stereocenters. The van der Waals surface area contributed by atoms with Crippen LogP contribution >= 0.6 is 0 Å². The Labute approximate surface area is 95.5 Å². The van der Waals surface area contributed by atoms with Gasteiger partial charge in [-0.3, -0.25) is 0 Å². The number of halogens is 3. The third-order valence-corrected chi connectivity index (χ3v) is 1.90. The molecule has 0 aliphatic carbocycles. The second-order valence-corrected chi connectivity index (χ2v) is 3.68. The molecule has 0 amide bonds. The van der Waals surface area contributed by atoms with Gasteiger partial charge in [-0.1, -0.05) is 0 Å². The van der Waals surface area contributed by atoms with Crippen LogP contribution in [0.15, 0.2) is 12.3 Å². The Morgan fingerprint density at radius 1 is 1.47 bits per heavy atom. The van der Waals surface area contributed by atoms with Gasteiger partial charge in [-0.05, 0) is 19.9 Å². The highest BCUT2D eigenvalue weighted by atomic mass is 19.4. The van der Waals surface area contributed by atoms with E-state index >= 15 is 0 Å². The lowest BCUT2D eigenvalue weighted by atomic mass is 10.1. The average Bonchev–Trinajstić information content (AvgIpc) is 2.14. The van der Waals surface area contributed by atoms with Crippen LogP contribution in [-0.2, 0) is 6.18 Å². The summed E-state index contributed by atoms with van der Waals surface area (Å²) >= 11 is 0. The summed E-state index contributed by atoms with van der Waals surface area (Å²) in [5, 5.41) is 11.4. The Kier molecular flexibility index (Phi) is 3.59. The number of alkyl halides is 3. The zero-order valence-corrected chi connectivity index (χ0v) is 9.17. The smallest absolute Gasteiger partial charge is 0.417 e. The fraction of sp³-hybridized carbons (Fsp3) is 0.400. The molecule has 0 fully saturated rings. The summed E-state index contributed by atoms with van der Waals surface area (Å²) in [5.41, 5.74) is -2.06. The summed E-state index contributed by atoms with van der Waals surface area (Å²) < 4.78 is 37.8. The highest BCUT2D eigenvalue weighted by Gasteiger charge is 2.37. The maximum absolute atomic E-state index is 12.6. The van der Waals surface area contributed by atoms with Crippen molar-refractivity contribution in [3.63, 3.8) is 0 Å². The molecule has 1 aromatic rings. The summed E-state index contributed by atoms with van der Waals surface area (Å²) in [6, 6.07) is 0.429. The van der Waals surface area contributed by atoms with E-state index in [1.54, 1.807) is 13.8 Å². The first-order chi connectivity index (χ1) is 7.73. The zero-order valence-electron chi connectivity index (χ0n) is 9.17. The molecule has 0 spiro atoms. The number of carboxylic acid groups (broad SMARTS) is 1. The standard InChI is InChI=1S/C10H11F3N2O2/c1-5(2)15-8-7(9(16)17)6(3-4-14-8)10(11,12)13/h3-5H,1-2H3,(H,14,15)(H,16,17). The summed E-state index contributed by atoms with van der Waals surface area (Å²) in [6.07, 6.45) is -3.79. The number of pyridine rings is 1. The van der Waals surface area contributed by atoms with E-state index in [1.165, 1.54) is 0 Å². The SMILES string of the molecule is CC(C)Nc1nccc(C(F)(F)F)c1C(=O)O. The van der Waals surface area contributed by atoms with E-state index in [-0.39, 0.29) is 11.9 Å². The molecular weight excluding hydrogens is 237 g/mol. The summed E-state index contributed by atoms with van der Waals surface area (Å²) in [6.45, 7) is 3.35. The maximum atomic E-state index is 12.6. The van der Waals surface area contributed by atoms with Gasteiger partial charge in [-0.25, -0.2) is 9.78 Å². The van der Waals surface area contributed by atoms with Gasteiger partial charge in [0.15, 0.2) is 0 Å². The Morgan fingerprint density at radius 2 is 2.06 bits per heavy atom. The van der Waals surface area contributed by atoms with Gasteiger partial charge in [-0.15, -0.1) is 0 Å². The fourth-order valence-corrected chi connectivity index (χ4v) is 1.30. The molecule has 7 heteroatoms. The lowest BCUT2D eigenvalue weighted by molar-refractivity contribution is -0.138. The van der Waals surface area contributed by atoms with Crippen LogP contribution in [-0.4, -0.2) is 22.1 Å². The van der Waals surface area contributed by atoms with Crippen molar-refractivity contribution < 1.29 is 23.1 Å². The minimum absolute atomic E-state index is 0.218. The van der Waals surface area contributed by atoms with Crippen LogP contribution in [0.25, 0.3) is 0 Å². The van der Waals surface area contributed by atoms with Crippen LogP contribution in [0.5, 0.6) is 0 Å². The van der Waals surface area contributed by atoms with Crippen molar-refractivity contribution in [1.29, 1.82) is 0 Å². The van der Waals surface area contributed by atoms with Gasteiger partial charge >= 0.3 is 12.1 Å². The summed E-state index contributed by atoms with van der Waals surface area (Å²) in [7, 11) is 0. The van der Waals surface area contributed by atoms with E-state index in [2.05, 4.69) is 10.3 Å². The van der Waals surface area contributed by atoms with Crippen molar-refractivity contribution in [2.24, 2.45) is 0 Å². The van der Waals surface area contributed by atoms with E-state index in [4.69, 9.17) is 5.11 Å². The molecule has 1 heterocycles. The molecule has 0 aliphatic heterocycles. The lowest BCUT2D eigenvalue weighted by Gasteiger charge is -2.15. The van der Waals surface area contributed by atoms with E-state index in [0.717, 1.165) is 6.20 Å². The fourth-order valence-electron chi connectivity index (χ4n) is 1.30. The van der Waals surface area contributed by atoms with Gasteiger partial charge in [0.25, 0.3) is 0 Å².